The minimum Gasteiger partial charge on any atom is -0.391 e. The van der Waals surface area contributed by atoms with Crippen LogP contribution in [0.2, 0.25) is 0 Å². The summed E-state index contributed by atoms with van der Waals surface area (Å²) in [7, 11) is -1.39. The summed E-state index contributed by atoms with van der Waals surface area (Å²) >= 11 is 0. The Labute approximate surface area is 101 Å². The predicted molar refractivity (Wildman–Crippen MR) is 65.3 cm³/mol. The van der Waals surface area contributed by atoms with Crippen molar-refractivity contribution in [3.05, 3.63) is 29.6 Å². The number of sulfone groups is 1. The van der Waals surface area contributed by atoms with Gasteiger partial charge in [-0.2, -0.15) is 0 Å². The molecule has 0 bridgehead atoms. The topological polar surface area (TPSA) is 57.6 Å². The number of halogens is 1. The van der Waals surface area contributed by atoms with Crippen LogP contribution in [0.15, 0.2) is 18.2 Å². The van der Waals surface area contributed by atoms with E-state index in [1.807, 2.05) is 0 Å². The van der Waals surface area contributed by atoms with Gasteiger partial charge in [-0.05, 0) is 12.1 Å². The maximum atomic E-state index is 13.4. The van der Waals surface area contributed by atoms with Crippen LogP contribution in [0.5, 0.6) is 0 Å². The van der Waals surface area contributed by atoms with E-state index in [1.54, 1.807) is 18.0 Å². The lowest BCUT2D eigenvalue weighted by Gasteiger charge is -2.21. The van der Waals surface area contributed by atoms with Crippen LogP contribution in [0.25, 0.3) is 0 Å². The molecule has 0 spiro atoms. The summed E-state index contributed by atoms with van der Waals surface area (Å²) in [5, 5.41) is 9.09. The van der Waals surface area contributed by atoms with Gasteiger partial charge < -0.3 is 10.0 Å². The molecule has 1 aromatic rings. The molecular formula is C11H16FNO3S. The molecule has 0 aromatic heterocycles. The van der Waals surface area contributed by atoms with E-state index in [-0.39, 0.29) is 17.9 Å². The van der Waals surface area contributed by atoms with Crippen LogP contribution < -0.4 is 4.90 Å². The fraction of sp³-hybridized carbons (Fsp3) is 0.455. The normalized spacial score (nSPS) is 11.5. The molecule has 0 aliphatic carbocycles. The third kappa shape index (κ3) is 3.98. The third-order valence-electron chi connectivity index (χ3n) is 2.46. The van der Waals surface area contributed by atoms with Crippen molar-refractivity contribution in [3.8, 4) is 0 Å². The average molecular weight is 261 g/mol. The highest BCUT2D eigenvalue weighted by molar-refractivity contribution is 7.90. The van der Waals surface area contributed by atoms with Crippen molar-refractivity contribution in [1.82, 2.24) is 0 Å². The van der Waals surface area contributed by atoms with E-state index < -0.39 is 22.3 Å². The Bertz CT molecular complexity index is 487. The van der Waals surface area contributed by atoms with Gasteiger partial charge in [0.1, 0.15) is 15.7 Å². The van der Waals surface area contributed by atoms with E-state index in [2.05, 4.69) is 0 Å². The van der Waals surface area contributed by atoms with E-state index in [9.17, 15) is 12.8 Å². The van der Waals surface area contributed by atoms with Gasteiger partial charge in [-0.25, -0.2) is 12.8 Å². The standard InChI is InChI=1S/C11H16FNO3S/c1-13(6-7-17(2,15)16)11-5-3-4-10(12)9(11)8-14/h3-5,14H,6-8H2,1-2H3. The van der Waals surface area contributed by atoms with Gasteiger partial charge in [0, 0.05) is 31.1 Å². The van der Waals surface area contributed by atoms with Crippen LogP contribution in [-0.2, 0) is 16.4 Å². The Hall–Kier alpha value is -1.14. The maximum Gasteiger partial charge on any atom is 0.149 e. The van der Waals surface area contributed by atoms with Crippen molar-refractivity contribution in [2.75, 3.05) is 30.5 Å². The van der Waals surface area contributed by atoms with Crippen molar-refractivity contribution in [2.45, 2.75) is 6.61 Å². The van der Waals surface area contributed by atoms with E-state index in [0.717, 1.165) is 6.26 Å². The van der Waals surface area contributed by atoms with E-state index in [4.69, 9.17) is 5.11 Å². The molecule has 0 atom stereocenters. The number of rotatable bonds is 5. The van der Waals surface area contributed by atoms with Crippen molar-refractivity contribution < 1.29 is 17.9 Å². The van der Waals surface area contributed by atoms with Crippen molar-refractivity contribution >= 4 is 15.5 Å². The number of hydrogen-bond donors (Lipinski definition) is 1. The third-order valence-corrected chi connectivity index (χ3v) is 3.39. The summed E-state index contributed by atoms with van der Waals surface area (Å²) in [5.74, 6) is -0.499. The lowest BCUT2D eigenvalue weighted by Crippen LogP contribution is -2.26. The molecule has 6 heteroatoms. The summed E-state index contributed by atoms with van der Waals surface area (Å²) in [5.41, 5.74) is 0.694. The zero-order valence-corrected chi connectivity index (χ0v) is 10.7. The molecule has 0 fully saturated rings. The summed E-state index contributed by atoms with van der Waals surface area (Å²) < 4.78 is 35.5. The largest absolute Gasteiger partial charge is 0.391 e. The number of aliphatic hydroxyl groups excluding tert-OH is 1. The Morgan fingerprint density at radius 2 is 2.06 bits per heavy atom. The van der Waals surface area contributed by atoms with Gasteiger partial charge in [0.2, 0.25) is 0 Å². The maximum absolute atomic E-state index is 13.4. The van der Waals surface area contributed by atoms with Gasteiger partial charge in [-0.1, -0.05) is 6.07 Å². The monoisotopic (exact) mass is 261 g/mol. The Morgan fingerprint density at radius 3 is 2.59 bits per heavy atom. The van der Waals surface area contributed by atoms with Gasteiger partial charge in [-0.3, -0.25) is 0 Å². The molecule has 4 nitrogen and oxygen atoms in total. The minimum atomic E-state index is -3.05. The van der Waals surface area contributed by atoms with Crippen LogP contribution in [0, 0.1) is 5.82 Å². The quantitative estimate of drug-likeness (QED) is 0.851. The van der Waals surface area contributed by atoms with Gasteiger partial charge in [-0.15, -0.1) is 0 Å². The highest BCUT2D eigenvalue weighted by atomic mass is 32.2. The molecule has 17 heavy (non-hydrogen) atoms. The number of benzene rings is 1. The number of aliphatic hydroxyl groups is 1. The number of anilines is 1. The zero-order chi connectivity index (χ0) is 13.1. The molecule has 0 radical (unpaired) electrons. The first-order valence-electron chi connectivity index (χ1n) is 5.12. The summed E-state index contributed by atoms with van der Waals surface area (Å²) in [6, 6.07) is 4.44. The molecule has 0 saturated carbocycles. The van der Waals surface area contributed by atoms with Gasteiger partial charge in [0.05, 0.1) is 12.4 Å². The highest BCUT2D eigenvalue weighted by Crippen LogP contribution is 2.22. The van der Waals surface area contributed by atoms with Gasteiger partial charge in [0.25, 0.3) is 0 Å². The molecule has 96 valence electrons. The smallest absolute Gasteiger partial charge is 0.149 e. The number of hydrogen-bond acceptors (Lipinski definition) is 4. The van der Waals surface area contributed by atoms with Crippen LogP contribution in [0.3, 0.4) is 0 Å². The lowest BCUT2D eigenvalue weighted by molar-refractivity contribution is 0.276. The zero-order valence-electron chi connectivity index (χ0n) is 9.85. The van der Waals surface area contributed by atoms with E-state index in [1.165, 1.54) is 12.1 Å². The van der Waals surface area contributed by atoms with Gasteiger partial charge >= 0.3 is 0 Å². The second-order valence-electron chi connectivity index (χ2n) is 3.95. The van der Waals surface area contributed by atoms with Crippen LogP contribution >= 0.6 is 0 Å². The molecule has 0 aliphatic heterocycles. The molecule has 0 unspecified atom stereocenters. The van der Waals surface area contributed by atoms with E-state index >= 15 is 0 Å². The van der Waals surface area contributed by atoms with Gasteiger partial charge in [0.15, 0.2) is 0 Å². The molecule has 0 aliphatic rings. The molecular weight excluding hydrogens is 245 g/mol. The first-order valence-corrected chi connectivity index (χ1v) is 7.18. The molecule has 0 saturated heterocycles. The van der Waals surface area contributed by atoms with E-state index in [0.29, 0.717) is 5.69 Å². The highest BCUT2D eigenvalue weighted by Gasteiger charge is 2.12. The summed E-state index contributed by atoms with van der Waals surface area (Å²) in [6.07, 6.45) is 1.15. The van der Waals surface area contributed by atoms with Crippen molar-refractivity contribution in [1.29, 1.82) is 0 Å². The number of nitrogens with zero attached hydrogens (tertiary/aromatic N) is 1. The fourth-order valence-electron chi connectivity index (χ4n) is 1.48. The first kappa shape index (κ1) is 13.9. The van der Waals surface area contributed by atoms with Crippen molar-refractivity contribution in [2.24, 2.45) is 0 Å². The van der Waals surface area contributed by atoms with Crippen LogP contribution in [0.4, 0.5) is 10.1 Å². The molecule has 0 amide bonds. The molecule has 0 heterocycles. The van der Waals surface area contributed by atoms with Crippen LogP contribution in [0.1, 0.15) is 5.56 Å². The molecule has 1 N–H and O–H groups in total. The first-order chi connectivity index (χ1) is 7.85. The fourth-order valence-corrected chi connectivity index (χ4v) is 2.09. The summed E-state index contributed by atoms with van der Waals surface area (Å²) in [6.45, 7) is -0.152. The second-order valence-corrected chi connectivity index (χ2v) is 6.21. The Balaban J connectivity index is 2.89. The second kappa shape index (κ2) is 5.46. The molecule has 1 aromatic carbocycles. The SMILES string of the molecule is CN(CCS(C)(=O)=O)c1cccc(F)c1CO. The predicted octanol–water partition coefficient (Wildman–Crippen LogP) is 0.799. The van der Waals surface area contributed by atoms with Crippen molar-refractivity contribution in [3.63, 3.8) is 0 Å². The minimum absolute atomic E-state index is 0.00905. The summed E-state index contributed by atoms with van der Waals surface area (Å²) in [4.78, 5) is 1.62. The average Bonchev–Trinajstić information content (AvgIpc) is 2.24. The lowest BCUT2D eigenvalue weighted by atomic mass is 10.1. The Morgan fingerprint density at radius 1 is 1.41 bits per heavy atom. The Kier molecular flexibility index (Phi) is 4.47. The van der Waals surface area contributed by atoms with Crippen LogP contribution in [-0.4, -0.2) is 39.1 Å². The molecule has 1 rings (SSSR count).